The van der Waals surface area contributed by atoms with Crippen molar-refractivity contribution in [3.05, 3.63) is 23.9 Å². The summed E-state index contributed by atoms with van der Waals surface area (Å²) in [5, 5.41) is 3.38. The van der Waals surface area contributed by atoms with Crippen LogP contribution in [0.1, 0.15) is 31.7 Å². The maximum absolute atomic E-state index is 4.57. The third-order valence-corrected chi connectivity index (χ3v) is 4.53. The summed E-state index contributed by atoms with van der Waals surface area (Å²) in [6.45, 7) is 8.99. The molecule has 2 aliphatic rings. The number of likely N-dealkylation sites (tertiary alicyclic amines) is 1. The molecule has 20 heavy (non-hydrogen) atoms. The van der Waals surface area contributed by atoms with Crippen LogP contribution in [0.15, 0.2) is 18.3 Å². The number of nitrogens with zero attached hydrogens (tertiary/aromatic N) is 3. The molecule has 0 aliphatic carbocycles. The Morgan fingerprint density at radius 3 is 2.95 bits per heavy atom. The molecule has 2 saturated heterocycles. The van der Waals surface area contributed by atoms with Crippen LogP contribution in [-0.2, 0) is 6.54 Å². The van der Waals surface area contributed by atoms with E-state index in [1.54, 1.807) is 0 Å². The van der Waals surface area contributed by atoms with Crippen molar-refractivity contribution in [3.8, 4) is 0 Å². The second kappa shape index (κ2) is 6.55. The number of hydrogen-bond donors (Lipinski definition) is 1. The van der Waals surface area contributed by atoms with Gasteiger partial charge in [-0.05, 0) is 56.6 Å². The van der Waals surface area contributed by atoms with Crippen molar-refractivity contribution < 1.29 is 0 Å². The van der Waals surface area contributed by atoms with Gasteiger partial charge >= 0.3 is 0 Å². The summed E-state index contributed by atoms with van der Waals surface area (Å²) < 4.78 is 0. The van der Waals surface area contributed by atoms with Crippen molar-refractivity contribution in [3.63, 3.8) is 0 Å². The van der Waals surface area contributed by atoms with Gasteiger partial charge in [0.05, 0.1) is 0 Å². The maximum Gasteiger partial charge on any atom is 0.128 e. The molecule has 1 atom stereocenters. The number of nitrogens with one attached hydrogen (secondary N) is 1. The van der Waals surface area contributed by atoms with Crippen LogP contribution in [0, 0.1) is 0 Å². The van der Waals surface area contributed by atoms with E-state index in [4.69, 9.17) is 0 Å². The van der Waals surface area contributed by atoms with Gasteiger partial charge in [-0.15, -0.1) is 0 Å². The van der Waals surface area contributed by atoms with Gasteiger partial charge in [-0.2, -0.15) is 0 Å². The Labute approximate surface area is 122 Å². The van der Waals surface area contributed by atoms with Gasteiger partial charge in [0, 0.05) is 31.9 Å². The topological polar surface area (TPSA) is 31.4 Å². The van der Waals surface area contributed by atoms with Crippen LogP contribution in [-0.4, -0.2) is 48.6 Å². The average molecular weight is 274 g/mol. The van der Waals surface area contributed by atoms with Gasteiger partial charge in [0.25, 0.3) is 0 Å². The van der Waals surface area contributed by atoms with Crippen LogP contribution in [0.2, 0.25) is 0 Å². The predicted molar refractivity (Wildman–Crippen MR) is 83.0 cm³/mol. The van der Waals surface area contributed by atoms with Crippen molar-refractivity contribution in [2.45, 2.75) is 38.8 Å². The molecule has 0 amide bonds. The molecule has 1 aromatic heterocycles. The van der Waals surface area contributed by atoms with Crippen LogP contribution in [0.5, 0.6) is 0 Å². The van der Waals surface area contributed by atoms with Crippen LogP contribution in [0.25, 0.3) is 0 Å². The van der Waals surface area contributed by atoms with Gasteiger partial charge in [0.1, 0.15) is 5.82 Å². The first-order valence-corrected chi connectivity index (χ1v) is 8.01. The summed E-state index contributed by atoms with van der Waals surface area (Å²) in [4.78, 5) is 9.70. The van der Waals surface area contributed by atoms with Gasteiger partial charge in [-0.1, -0.05) is 6.92 Å². The molecule has 0 radical (unpaired) electrons. The molecule has 1 N–H and O–H groups in total. The van der Waals surface area contributed by atoms with Crippen molar-refractivity contribution in [1.29, 1.82) is 0 Å². The number of aromatic nitrogens is 1. The van der Waals surface area contributed by atoms with E-state index in [-0.39, 0.29) is 0 Å². The van der Waals surface area contributed by atoms with Gasteiger partial charge in [0.15, 0.2) is 0 Å². The molecule has 2 aliphatic heterocycles. The van der Waals surface area contributed by atoms with Crippen LogP contribution in [0.4, 0.5) is 5.82 Å². The van der Waals surface area contributed by atoms with E-state index in [9.17, 15) is 0 Å². The molecular weight excluding hydrogens is 248 g/mol. The second-order valence-corrected chi connectivity index (χ2v) is 5.93. The minimum absolute atomic E-state index is 0.747. The summed E-state index contributed by atoms with van der Waals surface area (Å²) in [5.41, 5.74) is 1.33. The minimum Gasteiger partial charge on any atom is -0.355 e. The second-order valence-electron chi connectivity index (χ2n) is 5.93. The molecule has 110 valence electrons. The Balaban J connectivity index is 1.61. The standard InChI is InChI=1S/C16H26N4/c1-2-17-12-14-5-7-18-16(11-14)20-10-6-15(13-20)19-8-3-4-9-19/h5,7,11,15,17H,2-4,6,8-10,12-13H2,1H3. The van der Waals surface area contributed by atoms with E-state index in [0.29, 0.717) is 0 Å². The molecule has 1 aromatic rings. The Kier molecular flexibility index (Phi) is 4.53. The Hall–Kier alpha value is -1.13. The van der Waals surface area contributed by atoms with Crippen molar-refractivity contribution >= 4 is 5.82 Å². The summed E-state index contributed by atoms with van der Waals surface area (Å²) in [5.74, 6) is 1.15. The lowest BCUT2D eigenvalue weighted by Gasteiger charge is -2.24. The van der Waals surface area contributed by atoms with Crippen LogP contribution in [0.3, 0.4) is 0 Å². The van der Waals surface area contributed by atoms with Crippen LogP contribution >= 0.6 is 0 Å². The lowest BCUT2D eigenvalue weighted by Crippen LogP contribution is -2.35. The van der Waals surface area contributed by atoms with E-state index >= 15 is 0 Å². The number of rotatable bonds is 5. The molecule has 3 rings (SSSR count). The summed E-state index contributed by atoms with van der Waals surface area (Å²) in [7, 11) is 0. The van der Waals surface area contributed by atoms with Crippen molar-refractivity contribution in [2.75, 3.05) is 37.6 Å². The molecule has 3 heterocycles. The van der Waals surface area contributed by atoms with E-state index in [1.165, 1.54) is 37.9 Å². The summed E-state index contributed by atoms with van der Waals surface area (Å²) in [6.07, 6.45) is 6.00. The predicted octanol–water partition coefficient (Wildman–Crippen LogP) is 1.87. The highest BCUT2D eigenvalue weighted by Crippen LogP contribution is 2.24. The van der Waals surface area contributed by atoms with Crippen molar-refractivity contribution in [2.24, 2.45) is 0 Å². The van der Waals surface area contributed by atoms with Gasteiger partial charge in [0.2, 0.25) is 0 Å². The first kappa shape index (κ1) is 13.8. The third-order valence-electron chi connectivity index (χ3n) is 4.53. The van der Waals surface area contributed by atoms with Gasteiger partial charge in [-0.25, -0.2) is 4.98 Å². The fraction of sp³-hybridized carbons (Fsp3) is 0.688. The highest BCUT2D eigenvalue weighted by molar-refractivity contribution is 5.42. The number of anilines is 1. The van der Waals surface area contributed by atoms with Gasteiger partial charge in [-0.3, -0.25) is 4.90 Å². The molecule has 0 saturated carbocycles. The monoisotopic (exact) mass is 274 g/mol. The van der Waals surface area contributed by atoms with E-state index in [1.807, 2.05) is 6.20 Å². The normalized spacial score (nSPS) is 23.6. The zero-order chi connectivity index (χ0) is 13.8. The van der Waals surface area contributed by atoms with E-state index < -0.39 is 0 Å². The average Bonchev–Trinajstić information content (AvgIpc) is 3.15. The molecular formula is C16H26N4. The SMILES string of the molecule is CCNCc1ccnc(N2CCC(N3CCCC3)C2)c1. The van der Waals surface area contributed by atoms with Crippen LogP contribution < -0.4 is 10.2 Å². The number of pyridine rings is 1. The Bertz CT molecular complexity index is 428. The molecule has 2 fully saturated rings. The fourth-order valence-electron chi connectivity index (χ4n) is 3.37. The third kappa shape index (κ3) is 3.13. The zero-order valence-corrected chi connectivity index (χ0v) is 12.5. The largest absolute Gasteiger partial charge is 0.355 e. The lowest BCUT2D eigenvalue weighted by molar-refractivity contribution is 0.260. The number of hydrogen-bond acceptors (Lipinski definition) is 4. The molecule has 4 nitrogen and oxygen atoms in total. The van der Waals surface area contributed by atoms with E-state index in [0.717, 1.165) is 38.0 Å². The zero-order valence-electron chi connectivity index (χ0n) is 12.5. The lowest BCUT2D eigenvalue weighted by atomic mass is 10.2. The van der Waals surface area contributed by atoms with E-state index in [2.05, 4.69) is 39.2 Å². The summed E-state index contributed by atoms with van der Waals surface area (Å²) >= 11 is 0. The fourth-order valence-corrected chi connectivity index (χ4v) is 3.37. The molecule has 4 heteroatoms. The molecule has 1 unspecified atom stereocenters. The first-order valence-electron chi connectivity index (χ1n) is 8.01. The molecule has 0 aromatic carbocycles. The first-order chi connectivity index (χ1) is 9.86. The highest BCUT2D eigenvalue weighted by atomic mass is 15.3. The molecule has 0 bridgehead atoms. The minimum atomic E-state index is 0.747. The maximum atomic E-state index is 4.57. The quantitative estimate of drug-likeness (QED) is 0.888. The highest BCUT2D eigenvalue weighted by Gasteiger charge is 2.29. The summed E-state index contributed by atoms with van der Waals surface area (Å²) in [6, 6.07) is 5.10. The smallest absolute Gasteiger partial charge is 0.128 e. The van der Waals surface area contributed by atoms with Gasteiger partial charge < -0.3 is 10.2 Å². The molecule has 0 spiro atoms. The Morgan fingerprint density at radius 2 is 2.15 bits per heavy atom. The van der Waals surface area contributed by atoms with Crippen molar-refractivity contribution in [1.82, 2.24) is 15.2 Å². The Morgan fingerprint density at radius 1 is 1.30 bits per heavy atom.